The van der Waals surface area contributed by atoms with E-state index in [0.717, 1.165) is 12.6 Å². The zero-order valence-corrected chi connectivity index (χ0v) is 11.1. The van der Waals surface area contributed by atoms with Crippen molar-refractivity contribution < 1.29 is 13.9 Å². The summed E-state index contributed by atoms with van der Waals surface area (Å²) in [6, 6.07) is 4.54. The number of nitrogens with one attached hydrogen (secondary N) is 1. The van der Waals surface area contributed by atoms with Gasteiger partial charge in [0.15, 0.2) is 5.76 Å². The molecule has 0 aliphatic carbocycles. The summed E-state index contributed by atoms with van der Waals surface area (Å²) in [5.74, 6) is 6.04. The Hall–Kier alpha value is -2.32. The molecular formula is C15H15FN2O2. The molecule has 1 aliphatic heterocycles. The highest BCUT2D eigenvalue weighted by atomic mass is 19.1. The maximum Gasteiger partial charge on any atom is 0.167 e. The zero-order chi connectivity index (χ0) is 14.2. The van der Waals surface area contributed by atoms with Gasteiger partial charge in [-0.05, 0) is 30.0 Å². The second kappa shape index (κ2) is 7.31. The van der Waals surface area contributed by atoms with Crippen molar-refractivity contribution in [3.63, 3.8) is 0 Å². The monoisotopic (exact) mass is 274 g/mol. The largest absolute Gasteiger partial charge is 0.480 e. The first kappa shape index (κ1) is 14.1. The molecule has 104 valence electrons. The van der Waals surface area contributed by atoms with Crippen LogP contribution < -0.4 is 0 Å². The fraction of sp³-hybridized carbons (Fsp3) is 0.267. The molecule has 0 saturated carbocycles. The molecule has 2 heterocycles. The van der Waals surface area contributed by atoms with E-state index in [1.54, 1.807) is 19.2 Å². The Balaban J connectivity index is 2.10. The van der Waals surface area contributed by atoms with Crippen LogP contribution in [0.1, 0.15) is 12.1 Å². The van der Waals surface area contributed by atoms with Gasteiger partial charge in [-0.2, -0.15) is 0 Å². The molecule has 0 amide bonds. The van der Waals surface area contributed by atoms with Gasteiger partial charge in [0.05, 0.1) is 24.8 Å². The van der Waals surface area contributed by atoms with Crippen LogP contribution in [0.15, 0.2) is 42.6 Å². The summed E-state index contributed by atoms with van der Waals surface area (Å²) in [4.78, 5) is 6.61. The SMILES string of the molecule is COCC1CC=C(C#Cc2cccc(F)cnc[nH]2)O1. The highest BCUT2D eigenvalue weighted by Gasteiger charge is 2.15. The average molecular weight is 274 g/mol. The topological polar surface area (TPSA) is 47.1 Å². The number of hydrogen-bond donors (Lipinski definition) is 1. The number of rotatable bonds is 2. The predicted molar refractivity (Wildman–Crippen MR) is 72.5 cm³/mol. The molecule has 1 aromatic heterocycles. The predicted octanol–water partition coefficient (Wildman–Crippen LogP) is 2.34. The summed E-state index contributed by atoms with van der Waals surface area (Å²) in [6.07, 6.45) is 5.25. The third kappa shape index (κ3) is 4.41. The van der Waals surface area contributed by atoms with E-state index in [4.69, 9.17) is 9.47 Å². The Bertz CT molecular complexity index is 597. The standard InChI is InChI=1S/C15H15FN2O2/c1-19-10-15-8-7-14(20-15)6-5-13-4-2-3-12(16)9-17-11-18-13/h2-4,7,9,11,15H,8,10H2,1H3,(H,17,18). The first-order valence-corrected chi connectivity index (χ1v) is 6.18. The smallest absolute Gasteiger partial charge is 0.167 e. The number of methoxy groups -OCH3 is 1. The average Bonchev–Trinajstić information content (AvgIpc) is 2.90. The lowest BCUT2D eigenvalue weighted by molar-refractivity contribution is 0.0594. The molecule has 1 N–H and O–H groups in total. The molecule has 4 nitrogen and oxygen atoms in total. The van der Waals surface area contributed by atoms with E-state index in [1.165, 1.54) is 12.4 Å². The van der Waals surface area contributed by atoms with Crippen LogP contribution in [0.4, 0.5) is 4.39 Å². The summed E-state index contributed by atoms with van der Waals surface area (Å²) >= 11 is 0. The van der Waals surface area contributed by atoms with Gasteiger partial charge in [0.25, 0.3) is 0 Å². The van der Waals surface area contributed by atoms with Crippen LogP contribution in [0.2, 0.25) is 0 Å². The van der Waals surface area contributed by atoms with E-state index in [-0.39, 0.29) is 6.10 Å². The van der Waals surface area contributed by atoms with Crippen molar-refractivity contribution in [3.8, 4) is 11.8 Å². The molecule has 1 unspecified atom stereocenters. The molecule has 0 saturated heterocycles. The maximum atomic E-state index is 13.0. The van der Waals surface area contributed by atoms with E-state index in [0.29, 0.717) is 18.1 Å². The van der Waals surface area contributed by atoms with E-state index >= 15 is 0 Å². The molecule has 2 rings (SSSR count). The van der Waals surface area contributed by atoms with E-state index < -0.39 is 5.82 Å². The van der Waals surface area contributed by atoms with Crippen LogP contribution in [-0.4, -0.2) is 29.8 Å². The molecule has 20 heavy (non-hydrogen) atoms. The number of aromatic amines is 1. The zero-order valence-electron chi connectivity index (χ0n) is 11.1. The van der Waals surface area contributed by atoms with E-state index in [1.807, 2.05) is 6.08 Å². The van der Waals surface area contributed by atoms with Gasteiger partial charge in [-0.15, -0.1) is 0 Å². The minimum atomic E-state index is -0.419. The third-order valence-electron chi connectivity index (χ3n) is 2.54. The number of aromatic nitrogens is 2. The summed E-state index contributed by atoms with van der Waals surface area (Å²) in [7, 11) is 1.64. The first-order valence-electron chi connectivity index (χ1n) is 6.18. The lowest BCUT2D eigenvalue weighted by Crippen LogP contribution is -2.12. The Morgan fingerprint density at radius 2 is 2.40 bits per heavy atom. The Morgan fingerprint density at radius 3 is 3.25 bits per heavy atom. The van der Waals surface area contributed by atoms with Gasteiger partial charge in [-0.25, -0.2) is 9.37 Å². The minimum Gasteiger partial charge on any atom is -0.480 e. The van der Waals surface area contributed by atoms with Crippen molar-refractivity contribution in [2.24, 2.45) is 0 Å². The highest BCUT2D eigenvalue weighted by Crippen LogP contribution is 2.16. The third-order valence-corrected chi connectivity index (χ3v) is 2.54. The van der Waals surface area contributed by atoms with Gasteiger partial charge < -0.3 is 14.5 Å². The van der Waals surface area contributed by atoms with Crippen molar-refractivity contribution in [3.05, 3.63) is 54.1 Å². The molecule has 1 atom stereocenters. The lowest BCUT2D eigenvalue weighted by atomic mass is 10.3. The summed E-state index contributed by atoms with van der Waals surface area (Å²) in [6.45, 7) is 0.545. The number of halogens is 1. The van der Waals surface area contributed by atoms with Crippen LogP contribution in [-0.2, 0) is 9.47 Å². The van der Waals surface area contributed by atoms with Gasteiger partial charge in [-0.3, -0.25) is 0 Å². The summed E-state index contributed by atoms with van der Waals surface area (Å²) < 4.78 is 23.6. The fourth-order valence-electron chi connectivity index (χ4n) is 1.63. The van der Waals surface area contributed by atoms with Crippen LogP contribution in [0, 0.1) is 17.7 Å². The van der Waals surface area contributed by atoms with Gasteiger partial charge in [0, 0.05) is 13.5 Å². The summed E-state index contributed by atoms with van der Waals surface area (Å²) in [5, 5.41) is 0. The quantitative estimate of drug-likeness (QED) is 0.842. The van der Waals surface area contributed by atoms with Crippen LogP contribution in [0.25, 0.3) is 0 Å². The van der Waals surface area contributed by atoms with E-state index in [2.05, 4.69) is 21.8 Å². The van der Waals surface area contributed by atoms with Crippen molar-refractivity contribution in [1.29, 1.82) is 0 Å². The van der Waals surface area contributed by atoms with Crippen molar-refractivity contribution in [1.82, 2.24) is 9.97 Å². The normalized spacial score (nSPS) is 16.5. The molecule has 0 spiro atoms. The van der Waals surface area contributed by atoms with Crippen molar-refractivity contribution >= 4 is 0 Å². The maximum absolute atomic E-state index is 13.0. The number of H-pyrrole nitrogens is 1. The van der Waals surface area contributed by atoms with Crippen LogP contribution in [0.5, 0.6) is 0 Å². The highest BCUT2D eigenvalue weighted by molar-refractivity contribution is 5.34. The number of hydrogen-bond acceptors (Lipinski definition) is 3. The molecule has 5 heteroatoms. The number of ether oxygens (including phenoxy) is 2. The minimum absolute atomic E-state index is 0.0338. The van der Waals surface area contributed by atoms with Crippen LogP contribution in [0.3, 0.4) is 0 Å². The van der Waals surface area contributed by atoms with Gasteiger partial charge in [0.1, 0.15) is 11.9 Å². The van der Waals surface area contributed by atoms with Gasteiger partial charge in [-0.1, -0.05) is 6.07 Å². The molecule has 0 fully saturated rings. The molecular weight excluding hydrogens is 259 g/mol. The lowest BCUT2D eigenvalue weighted by Gasteiger charge is -2.08. The fourth-order valence-corrected chi connectivity index (χ4v) is 1.63. The number of nitrogens with zero attached hydrogens (tertiary/aromatic N) is 1. The molecule has 0 bridgehead atoms. The Labute approximate surface area is 117 Å². The first-order chi connectivity index (χ1) is 9.78. The van der Waals surface area contributed by atoms with Crippen molar-refractivity contribution in [2.75, 3.05) is 13.7 Å². The summed E-state index contributed by atoms with van der Waals surface area (Å²) in [5.41, 5.74) is 0.604. The molecule has 0 aromatic carbocycles. The Morgan fingerprint density at radius 1 is 1.50 bits per heavy atom. The second-order valence-electron chi connectivity index (χ2n) is 4.13. The molecule has 1 aromatic rings. The van der Waals surface area contributed by atoms with E-state index in [9.17, 15) is 4.39 Å². The van der Waals surface area contributed by atoms with Crippen molar-refractivity contribution in [2.45, 2.75) is 12.5 Å². The molecule has 1 aliphatic rings. The van der Waals surface area contributed by atoms with Crippen LogP contribution >= 0.6 is 0 Å². The molecule has 0 radical (unpaired) electrons. The Kier molecular flexibility index (Phi) is 5.15. The van der Waals surface area contributed by atoms with Gasteiger partial charge >= 0.3 is 0 Å². The van der Waals surface area contributed by atoms with Gasteiger partial charge in [0.2, 0.25) is 0 Å². The number of allylic oxidation sites excluding steroid dienone is 1. The second-order valence-corrected chi connectivity index (χ2v) is 4.13.